The number of rotatable bonds is 14. The predicted octanol–water partition coefficient (Wildman–Crippen LogP) is 4.87. The first-order valence-corrected chi connectivity index (χ1v) is 10.5. The lowest BCUT2D eigenvalue weighted by Crippen LogP contribution is -2.09. The van der Waals surface area contributed by atoms with E-state index < -0.39 is 5.97 Å². The molecule has 0 aromatic heterocycles. The normalized spacial score (nSPS) is 10.3. The van der Waals surface area contributed by atoms with Crippen LogP contribution in [-0.2, 0) is 14.3 Å². The van der Waals surface area contributed by atoms with Crippen LogP contribution in [-0.4, -0.2) is 39.1 Å². The standard InChI is InChI=1S/C25H30O7/c1-4-24(26)30-16-8-6-5-7-15-29-21-11-9-20(10-12-21)25(27)32-22-13-14-23(19(2)17-22)31-18-28-3/h4,9-14,17H,1,5-8,15-16,18H2,2-3H3. The van der Waals surface area contributed by atoms with Crippen molar-refractivity contribution in [2.45, 2.75) is 32.6 Å². The first-order chi connectivity index (χ1) is 15.5. The van der Waals surface area contributed by atoms with Crippen LogP contribution in [0.4, 0.5) is 0 Å². The van der Waals surface area contributed by atoms with E-state index in [0.717, 1.165) is 37.3 Å². The number of aryl methyl sites for hydroxylation is 1. The number of esters is 2. The van der Waals surface area contributed by atoms with E-state index >= 15 is 0 Å². The molecular formula is C25H30O7. The number of methoxy groups -OCH3 is 1. The Morgan fingerprint density at radius 3 is 2.25 bits per heavy atom. The summed E-state index contributed by atoms with van der Waals surface area (Å²) < 4.78 is 26.4. The van der Waals surface area contributed by atoms with Crippen molar-refractivity contribution in [2.75, 3.05) is 27.1 Å². The monoisotopic (exact) mass is 442 g/mol. The van der Waals surface area contributed by atoms with E-state index in [9.17, 15) is 9.59 Å². The Bertz CT molecular complexity index is 874. The summed E-state index contributed by atoms with van der Waals surface area (Å²) in [6.07, 6.45) is 4.81. The molecule has 172 valence electrons. The van der Waals surface area contributed by atoms with E-state index in [0.29, 0.717) is 36.0 Å². The van der Waals surface area contributed by atoms with Gasteiger partial charge in [0, 0.05) is 13.2 Å². The average Bonchev–Trinajstić information content (AvgIpc) is 2.80. The molecule has 0 bridgehead atoms. The highest BCUT2D eigenvalue weighted by atomic mass is 16.7. The highest BCUT2D eigenvalue weighted by Crippen LogP contribution is 2.24. The van der Waals surface area contributed by atoms with E-state index in [1.54, 1.807) is 49.6 Å². The van der Waals surface area contributed by atoms with Crippen molar-refractivity contribution in [1.82, 2.24) is 0 Å². The highest BCUT2D eigenvalue weighted by Gasteiger charge is 2.10. The summed E-state index contributed by atoms with van der Waals surface area (Å²) in [7, 11) is 1.55. The maximum atomic E-state index is 12.4. The van der Waals surface area contributed by atoms with E-state index in [2.05, 4.69) is 6.58 Å². The molecule has 32 heavy (non-hydrogen) atoms. The van der Waals surface area contributed by atoms with E-state index in [-0.39, 0.29) is 12.8 Å². The fourth-order valence-corrected chi connectivity index (χ4v) is 2.80. The molecule has 0 heterocycles. The van der Waals surface area contributed by atoms with Crippen molar-refractivity contribution < 1.29 is 33.3 Å². The molecule has 0 aliphatic rings. The van der Waals surface area contributed by atoms with Crippen LogP contribution in [0.25, 0.3) is 0 Å². The minimum Gasteiger partial charge on any atom is -0.494 e. The molecule has 0 N–H and O–H groups in total. The predicted molar refractivity (Wildman–Crippen MR) is 120 cm³/mol. The molecule has 7 nitrogen and oxygen atoms in total. The molecule has 0 aliphatic heterocycles. The minimum atomic E-state index is -0.446. The largest absolute Gasteiger partial charge is 0.494 e. The number of carbonyl (C=O) groups is 2. The second-order valence-corrected chi connectivity index (χ2v) is 7.03. The molecular weight excluding hydrogens is 412 g/mol. The van der Waals surface area contributed by atoms with Crippen molar-refractivity contribution in [3.63, 3.8) is 0 Å². The molecule has 2 rings (SSSR count). The summed E-state index contributed by atoms with van der Waals surface area (Å²) in [5.41, 5.74) is 1.28. The van der Waals surface area contributed by atoms with Crippen molar-refractivity contribution in [1.29, 1.82) is 0 Å². The van der Waals surface area contributed by atoms with Crippen molar-refractivity contribution in [2.24, 2.45) is 0 Å². The Morgan fingerprint density at radius 2 is 1.59 bits per heavy atom. The molecule has 0 radical (unpaired) electrons. The molecule has 0 atom stereocenters. The van der Waals surface area contributed by atoms with Crippen LogP contribution >= 0.6 is 0 Å². The topological polar surface area (TPSA) is 80.3 Å². The second-order valence-electron chi connectivity index (χ2n) is 7.03. The summed E-state index contributed by atoms with van der Waals surface area (Å²) in [6.45, 7) is 6.36. The maximum absolute atomic E-state index is 12.4. The average molecular weight is 443 g/mol. The lowest BCUT2D eigenvalue weighted by molar-refractivity contribution is -0.137. The van der Waals surface area contributed by atoms with Crippen LogP contribution in [0.3, 0.4) is 0 Å². The van der Waals surface area contributed by atoms with Crippen LogP contribution in [0.15, 0.2) is 55.1 Å². The zero-order valence-corrected chi connectivity index (χ0v) is 18.6. The molecule has 0 saturated heterocycles. The van der Waals surface area contributed by atoms with Crippen LogP contribution in [0, 0.1) is 6.92 Å². The van der Waals surface area contributed by atoms with Gasteiger partial charge in [0.05, 0.1) is 18.8 Å². The van der Waals surface area contributed by atoms with Crippen LogP contribution in [0.1, 0.15) is 41.6 Å². The van der Waals surface area contributed by atoms with E-state index in [1.807, 2.05) is 6.92 Å². The Labute approximate surface area is 188 Å². The lowest BCUT2D eigenvalue weighted by atomic mass is 10.2. The van der Waals surface area contributed by atoms with Gasteiger partial charge in [-0.1, -0.05) is 6.58 Å². The van der Waals surface area contributed by atoms with Gasteiger partial charge in [-0.15, -0.1) is 0 Å². The van der Waals surface area contributed by atoms with Crippen molar-refractivity contribution >= 4 is 11.9 Å². The molecule has 0 saturated carbocycles. The zero-order chi connectivity index (χ0) is 23.2. The van der Waals surface area contributed by atoms with Gasteiger partial charge in [-0.2, -0.15) is 0 Å². The third-order valence-electron chi connectivity index (χ3n) is 4.50. The number of unbranched alkanes of at least 4 members (excludes halogenated alkanes) is 3. The van der Waals surface area contributed by atoms with Crippen molar-refractivity contribution in [3.05, 3.63) is 66.2 Å². The third-order valence-corrected chi connectivity index (χ3v) is 4.50. The van der Waals surface area contributed by atoms with E-state index in [4.69, 9.17) is 23.7 Å². The Morgan fingerprint density at radius 1 is 0.906 bits per heavy atom. The van der Waals surface area contributed by atoms with Gasteiger partial charge in [0.25, 0.3) is 0 Å². The van der Waals surface area contributed by atoms with Crippen LogP contribution in [0.5, 0.6) is 17.2 Å². The molecule has 0 spiro atoms. The summed E-state index contributed by atoms with van der Waals surface area (Å²) in [5.74, 6) is 0.970. The molecule has 0 fully saturated rings. The summed E-state index contributed by atoms with van der Waals surface area (Å²) in [4.78, 5) is 23.3. The number of carbonyl (C=O) groups excluding carboxylic acids is 2. The van der Waals surface area contributed by atoms with Gasteiger partial charge in [0.1, 0.15) is 17.2 Å². The summed E-state index contributed by atoms with van der Waals surface area (Å²) in [6, 6.07) is 12.0. The van der Waals surface area contributed by atoms with Gasteiger partial charge in [0.15, 0.2) is 6.79 Å². The first-order valence-electron chi connectivity index (χ1n) is 10.5. The summed E-state index contributed by atoms with van der Waals surface area (Å²) in [5, 5.41) is 0. The van der Waals surface area contributed by atoms with Gasteiger partial charge >= 0.3 is 11.9 Å². The van der Waals surface area contributed by atoms with Crippen LogP contribution < -0.4 is 14.2 Å². The SMILES string of the molecule is C=CC(=O)OCCCCCCOc1ccc(C(=O)Oc2ccc(OCOC)c(C)c2)cc1. The molecule has 0 aliphatic carbocycles. The quantitative estimate of drug-likeness (QED) is 0.136. The van der Waals surface area contributed by atoms with Crippen LogP contribution in [0.2, 0.25) is 0 Å². The smallest absolute Gasteiger partial charge is 0.343 e. The van der Waals surface area contributed by atoms with Crippen molar-refractivity contribution in [3.8, 4) is 17.2 Å². The minimum absolute atomic E-state index is 0.154. The second kappa shape index (κ2) is 13.9. The highest BCUT2D eigenvalue weighted by molar-refractivity contribution is 5.91. The van der Waals surface area contributed by atoms with E-state index in [1.165, 1.54) is 0 Å². The third kappa shape index (κ3) is 8.81. The maximum Gasteiger partial charge on any atom is 0.343 e. The molecule has 0 unspecified atom stereocenters. The van der Waals surface area contributed by atoms with Gasteiger partial charge in [-0.25, -0.2) is 9.59 Å². The molecule has 0 amide bonds. The lowest BCUT2D eigenvalue weighted by Gasteiger charge is -2.10. The number of ether oxygens (including phenoxy) is 5. The van der Waals surface area contributed by atoms with Gasteiger partial charge in [0.2, 0.25) is 0 Å². The Kier molecular flexibility index (Phi) is 10.8. The fourth-order valence-electron chi connectivity index (χ4n) is 2.80. The van der Waals surface area contributed by atoms with Gasteiger partial charge in [-0.3, -0.25) is 0 Å². The number of hydrogen-bond donors (Lipinski definition) is 0. The summed E-state index contributed by atoms with van der Waals surface area (Å²) >= 11 is 0. The molecule has 2 aromatic rings. The fraction of sp³-hybridized carbons (Fsp3) is 0.360. The van der Waals surface area contributed by atoms with Gasteiger partial charge in [-0.05, 0) is 80.6 Å². The molecule has 2 aromatic carbocycles. The number of hydrogen-bond acceptors (Lipinski definition) is 7. The Balaban J connectivity index is 1.70. The molecule has 7 heteroatoms. The van der Waals surface area contributed by atoms with Gasteiger partial charge < -0.3 is 23.7 Å². The Hall–Kier alpha value is -3.32. The number of benzene rings is 2. The zero-order valence-electron chi connectivity index (χ0n) is 18.6. The first kappa shape index (κ1) is 24.9.